The highest BCUT2D eigenvalue weighted by atomic mass is 14.8. The Morgan fingerprint density at radius 2 is 2.36 bits per heavy atom. The number of hydrogen-bond donors (Lipinski definition) is 0. The van der Waals surface area contributed by atoms with Crippen molar-refractivity contribution in [1.29, 1.82) is 0 Å². The Bertz CT molecular complexity index is 373. The number of rotatable bonds is 1. The number of aliphatic imine (C=N–C) groups is 1. The van der Waals surface area contributed by atoms with E-state index >= 15 is 0 Å². The summed E-state index contributed by atoms with van der Waals surface area (Å²) in [5.74, 6) is 0.546. The number of allylic oxidation sites excluding steroid dienone is 5. The molecule has 0 aromatic heterocycles. The lowest BCUT2D eigenvalue weighted by Crippen LogP contribution is -2.46. The molecule has 1 heterocycles. The highest BCUT2D eigenvalue weighted by Gasteiger charge is 2.50. The monoisotopic (exact) mass is 185 g/mol. The van der Waals surface area contributed by atoms with Crippen molar-refractivity contribution >= 4 is 5.71 Å². The molecule has 14 heavy (non-hydrogen) atoms. The van der Waals surface area contributed by atoms with Crippen molar-refractivity contribution in [1.82, 2.24) is 0 Å². The predicted molar refractivity (Wildman–Crippen MR) is 59.5 cm³/mol. The van der Waals surface area contributed by atoms with Gasteiger partial charge in [0.1, 0.15) is 0 Å². The average Bonchev–Trinajstić information content (AvgIpc) is 2.69. The molecule has 0 unspecified atom stereocenters. The quantitative estimate of drug-likeness (QED) is 0.557. The number of hydrogen-bond acceptors (Lipinski definition) is 1. The fourth-order valence-corrected chi connectivity index (χ4v) is 3.00. The minimum absolute atomic E-state index is 0.252. The zero-order valence-corrected chi connectivity index (χ0v) is 8.37. The molecule has 1 aliphatic heterocycles. The summed E-state index contributed by atoms with van der Waals surface area (Å²) < 4.78 is 0. The van der Waals surface area contributed by atoms with Crippen molar-refractivity contribution in [2.24, 2.45) is 16.3 Å². The minimum Gasteiger partial charge on any atom is -0.293 e. The first-order valence-electron chi connectivity index (χ1n) is 5.40. The van der Waals surface area contributed by atoms with Crippen LogP contribution in [0.4, 0.5) is 0 Å². The van der Waals surface area contributed by atoms with Crippen molar-refractivity contribution in [2.75, 3.05) is 6.54 Å². The first-order valence-corrected chi connectivity index (χ1v) is 5.40. The van der Waals surface area contributed by atoms with E-state index < -0.39 is 0 Å². The fourth-order valence-electron chi connectivity index (χ4n) is 3.00. The predicted octanol–water partition coefficient (Wildman–Crippen LogP) is 2.91. The van der Waals surface area contributed by atoms with Gasteiger partial charge in [0, 0.05) is 23.6 Å². The standard InChI is InChI=1S/C13H15N/c1-10-9-13(12-6-4-8-14-12)7-3-2-5-11(10)13/h2-3,5,7,11H,1,4,6,8-9H2/t11-,13-/m0/s1. The molecule has 1 fully saturated rings. The maximum absolute atomic E-state index is 4.66. The molecule has 1 nitrogen and oxygen atoms in total. The van der Waals surface area contributed by atoms with E-state index in [1.54, 1.807) is 0 Å². The van der Waals surface area contributed by atoms with Gasteiger partial charge in [-0.15, -0.1) is 0 Å². The molecular weight excluding hydrogens is 170 g/mol. The topological polar surface area (TPSA) is 12.4 Å². The van der Waals surface area contributed by atoms with Crippen LogP contribution in [0.3, 0.4) is 0 Å². The summed E-state index contributed by atoms with van der Waals surface area (Å²) in [5.41, 5.74) is 3.05. The third-order valence-electron chi connectivity index (χ3n) is 3.73. The van der Waals surface area contributed by atoms with Crippen LogP contribution in [0.25, 0.3) is 0 Å². The molecule has 2 aliphatic carbocycles. The van der Waals surface area contributed by atoms with E-state index in [9.17, 15) is 0 Å². The lowest BCUT2D eigenvalue weighted by atomic mass is 9.53. The van der Waals surface area contributed by atoms with Crippen LogP contribution in [0.2, 0.25) is 0 Å². The number of nitrogens with zero attached hydrogens (tertiary/aromatic N) is 1. The van der Waals surface area contributed by atoms with E-state index in [1.807, 2.05) is 0 Å². The summed E-state index contributed by atoms with van der Waals surface area (Å²) in [5, 5.41) is 0. The maximum Gasteiger partial charge on any atom is 0.0401 e. The molecule has 0 bridgehead atoms. The van der Waals surface area contributed by atoms with Gasteiger partial charge in [0.2, 0.25) is 0 Å². The first-order chi connectivity index (χ1) is 6.83. The molecule has 3 aliphatic rings. The second kappa shape index (κ2) is 2.69. The first kappa shape index (κ1) is 8.22. The zero-order chi connectivity index (χ0) is 9.60. The molecule has 0 saturated heterocycles. The Morgan fingerprint density at radius 1 is 1.43 bits per heavy atom. The largest absolute Gasteiger partial charge is 0.293 e. The van der Waals surface area contributed by atoms with Crippen LogP contribution >= 0.6 is 0 Å². The lowest BCUT2D eigenvalue weighted by molar-refractivity contribution is 0.314. The molecule has 2 atom stereocenters. The SMILES string of the molecule is C=C1C[C@@]2(C3=NCCC3)C=CC=C[C@@H]12. The average molecular weight is 185 g/mol. The summed E-state index contributed by atoms with van der Waals surface area (Å²) in [4.78, 5) is 4.66. The molecule has 1 saturated carbocycles. The van der Waals surface area contributed by atoms with Gasteiger partial charge >= 0.3 is 0 Å². The Kier molecular flexibility index (Phi) is 1.58. The van der Waals surface area contributed by atoms with Crippen molar-refractivity contribution < 1.29 is 0 Å². The summed E-state index contributed by atoms with van der Waals surface area (Å²) in [6, 6.07) is 0. The third-order valence-corrected chi connectivity index (χ3v) is 3.73. The van der Waals surface area contributed by atoms with E-state index in [4.69, 9.17) is 0 Å². The molecule has 72 valence electrons. The Labute approximate surface area is 84.9 Å². The Morgan fingerprint density at radius 3 is 3.07 bits per heavy atom. The second-order valence-corrected chi connectivity index (χ2v) is 4.53. The number of fused-ring (bicyclic) bond motifs is 1. The van der Waals surface area contributed by atoms with Gasteiger partial charge in [-0.25, -0.2) is 0 Å². The lowest BCUT2D eigenvalue weighted by Gasteiger charge is -2.50. The van der Waals surface area contributed by atoms with Crippen molar-refractivity contribution in [3.8, 4) is 0 Å². The molecule has 0 aromatic rings. The molecule has 0 radical (unpaired) electrons. The van der Waals surface area contributed by atoms with Crippen LogP contribution < -0.4 is 0 Å². The molecule has 3 rings (SSSR count). The van der Waals surface area contributed by atoms with Crippen molar-refractivity contribution in [3.05, 3.63) is 36.5 Å². The highest BCUT2D eigenvalue weighted by molar-refractivity contribution is 5.96. The molecular formula is C13H15N. The smallest absolute Gasteiger partial charge is 0.0401 e. The van der Waals surface area contributed by atoms with Crippen LogP contribution in [0.1, 0.15) is 19.3 Å². The van der Waals surface area contributed by atoms with E-state index in [0.29, 0.717) is 5.92 Å². The van der Waals surface area contributed by atoms with E-state index in [-0.39, 0.29) is 5.41 Å². The van der Waals surface area contributed by atoms with E-state index in [1.165, 1.54) is 24.1 Å². The van der Waals surface area contributed by atoms with Crippen LogP contribution in [0, 0.1) is 11.3 Å². The van der Waals surface area contributed by atoms with Gasteiger partial charge in [-0.1, -0.05) is 36.5 Å². The van der Waals surface area contributed by atoms with Crippen LogP contribution in [-0.2, 0) is 0 Å². The van der Waals surface area contributed by atoms with Gasteiger partial charge in [-0.3, -0.25) is 4.99 Å². The van der Waals surface area contributed by atoms with Crippen molar-refractivity contribution in [3.63, 3.8) is 0 Å². The summed E-state index contributed by atoms with van der Waals surface area (Å²) in [6.45, 7) is 5.16. The van der Waals surface area contributed by atoms with E-state index in [2.05, 4.69) is 35.9 Å². The fraction of sp³-hybridized carbons (Fsp3) is 0.462. The van der Waals surface area contributed by atoms with Crippen LogP contribution in [0.15, 0.2) is 41.4 Å². The van der Waals surface area contributed by atoms with Gasteiger partial charge in [0.05, 0.1) is 0 Å². The third kappa shape index (κ3) is 0.875. The molecule has 0 amide bonds. The molecule has 1 heteroatoms. The van der Waals surface area contributed by atoms with E-state index in [0.717, 1.165) is 13.0 Å². The van der Waals surface area contributed by atoms with Gasteiger partial charge in [-0.05, 0) is 19.3 Å². The minimum atomic E-state index is 0.252. The van der Waals surface area contributed by atoms with Crippen LogP contribution in [0.5, 0.6) is 0 Å². The van der Waals surface area contributed by atoms with Crippen LogP contribution in [-0.4, -0.2) is 12.3 Å². The van der Waals surface area contributed by atoms with Gasteiger partial charge in [-0.2, -0.15) is 0 Å². The Hall–Kier alpha value is -1.11. The van der Waals surface area contributed by atoms with Gasteiger partial charge < -0.3 is 0 Å². The highest BCUT2D eigenvalue weighted by Crippen LogP contribution is 2.55. The molecule has 0 aromatic carbocycles. The maximum atomic E-state index is 4.66. The Balaban J connectivity index is 1.99. The zero-order valence-electron chi connectivity index (χ0n) is 8.37. The van der Waals surface area contributed by atoms with Gasteiger partial charge in [0.15, 0.2) is 0 Å². The normalized spacial score (nSPS) is 39.3. The summed E-state index contributed by atoms with van der Waals surface area (Å²) >= 11 is 0. The second-order valence-electron chi connectivity index (χ2n) is 4.53. The summed E-state index contributed by atoms with van der Waals surface area (Å²) in [7, 11) is 0. The van der Waals surface area contributed by atoms with Gasteiger partial charge in [0.25, 0.3) is 0 Å². The molecule has 0 spiro atoms. The summed E-state index contributed by atoms with van der Waals surface area (Å²) in [6.07, 6.45) is 12.5. The molecule has 0 N–H and O–H groups in total. The van der Waals surface area contributed by atoms with Crippen molar-refractivity contribution in [2.45, 2.75) is 19.3 Å².